The highest BCUT2D eigenvalue weighted by atomic mass is 16.5. The van der Waals surface area contributed by atoms with Crippen LogP contribution >= 0.6 is 0 Å². The molecule has 3 rings (SSSR count). The van der Waals surface area contributed by atoms with Crippen molar-refractivity contribution in [2.24, 2.45) is 13.0 Å². The average molecular weight is 425 g/mol. The van der Waals surface area contributed by atoms with Crippen molar-refractivity contribution in [1.29, 1.82) is 0 Å². The van der Waals surface area contributed by atoms with Crippen LogP contribution in [0.1, 0.15) is 51.8 Å². The first kappa shape index (κ1) is 22.1. The smallest absolute Gasteiger partial charge is 0.291 e. The van der Waals surface area contributed by atoms with Crippen LogP contribution in [0.15, 0.2) is 40.9 Å². The lowest BCUT2D eigenvalue weighted by atomic mass is 10.1. The lowest BCUT2D eigenvalue weighted by molar-refractivity contribution is 0.0940. The quantitative estimate of drug-likeness (QED) is 0.572. The third-order valence-corrected chi connectivity index (χ3v) is 4.53. The summed E-state index contributed by atoms with van der Waals surface area (Å²) in [5, 5.41) is 9.62. The summed E-state index contributed by atoms with van der Waals surface area (Å²) < 4.78 is 12.8. The van der Waals surface area contributed by atoms with Gasteiger partial charge in [-0.15, -0.1) is 0 Å². The van der Waals surface area contributed by atoms with E-state index in [1.165, 1.54) is 10.9 Å². The van der Waals surface area contributed by atoms with E-state index in [2.05, 4.69) is 21.8 Å². The minimum absolute atomic E-state index is 0.122. The number of nitrogens with zero attached hydrogens (tertiary/aromatic N) is 2. The summed E-state index contributed by atoms with van der Waals surface area (Å²) in [7, 11) is 1.65. The first-order valence-corrected chi connectivity index (χ1v) is 10.1. The van der Waals surface area contributed by atoms with Gasteiger partial charge in [0.1, 0.15) is 23.8 Å². The Bertz CT molecular complexity index is 1060. The molecular weight excluding hydrogens is 396 g/mol. The van der Waals surface area contributed by atoms with Crippen molar-refractivity contribution in [3.05, 3.63) is 64.9 Å². The molecule has 0 aliphatic rings. The largest absolute Gasteiger partial charge is 0.486 e. The molecule has 0 spiro atoms. The highest BCUT2D eigenvalue weighted by Crippen LogP contribution is 2.20. The van der Waals surface area contributed by atoms with Crippen molar-refractivity contribution >= 4 is 17.5 Å². The molecule has 0 saturated heterocycles. The van der Waals surface area contributed by atoms with Gasteiger partial charge in [0.05, 0.1) is 11.9 Å². The monoisotopic (exact) mass is 424 g/mol. The minimum atomic E-state index is -0.469. The summed E-state index contributed by atoms with van der Waals surface area (Å²) in [6.45, 7) is 8.75. The van der Waals surface area contributed by atoms with Gasteiger partial charge in [0, 0.05) is 13.6 Å². The SMILES string of the molecule is Cc1cc(C)cc(OCc2ccc(C(=O)Nc3cnn(C)c3C(=O)NCC(C)C)o2)c1. The molecular formula is C23H28N4O4. The molecule has 164 valence electrons. The number of hydrogen-bond acceptors (Lipinski definition) is 5. The summed E-state index contributed by atoms with van der Waals surface area (Å²) in [5.41, 5.74) is 2.82. The van der Waals surface area contributed by atoms with Crippen molar-refractivity contribution in [2.75, 3.05) is 11.9 Å². The van der Waals surface area contributed by atoms with Gasteiger partial charge in [0.15, 0.2) is 5.76 Å². The fourth-order valence-corrected chi connectivity index (χ4v) is 3.11. The second kappa shape index (κ2) is 9.51. The molecule has 0 bridgehead atoms. The van der Waals surface area contributed by atoms with Crippen molar-refractivity contribution in [3.8, 4) is 5.75 Å². The molecule has 0 saturated carbocycles. The first-order chi connectivity index (χ1) is 14.7. The van der Waals surface area contributed by atoms with Gasteiger partial charge in [-0.3, -0.25) is 14.3 Å². The molecule has 8 heteroatoms. The lowest BCUT2D eigenvalue weighted by Gasteiger charge is -2.10. The Morgan fingerprint density at radius 3 is 2.52 bits per heavy atom. The molecule has 0 fully saturated rings. The van der Waals surface area contributed by atoms with Crippen molar-refractivity contribution in [1.82, 2.24) is 15.1 Å². The highest BCUT2D eigenvalue weighted by Gasteiger charge is 2.20. The number of anilines is 1. The zero-order chi connectivity index (χ0) is 22.5. The van der Waals surface area contributed by atoms with Gasteiger partial charge >= 0.3 is 0 Å². The van der Waals surface area contributed by atoms with Gasteiger partial charge in [-0.05, 0) is 55.2 Å². The Balaban J connectivity index is 1.64. The second-order valence-electron chi connectivity index (χ2n) is 7.97. The predicted octanol–water partition coefficient (Wildman–Crippen LogP) is 3.85. The van der Waals surface area contributed by atoms with E-state index < -0.39 is 5.91 Å². The zero-order valence-corrected chi connectivity index (χ0v) is 18.5. The Morgan fingerprint density at radius 2 is 1.84 bits per heavy atom. The summed E-state index contributed by atoms with van der Waals surface area (Å²) >= 11 is 0. The molecule has 0 atom stereocenters. The predicted molar refractivity (Wildman–Crippen MR) is 117 cm³/mol. The highest BCUT2D eigenvalue weighted by molar-refractivity contribution is 6.07. The number of rotatable bonds is 8. The molecule has 0 unspecified atom stereocenters. The topological polar surface area (TPSA) is 98.4 Å². The van der Waals surface area contributed by atoms with Crippen LogP contribution in [0.3, 0.4) is 0 Å². The van der Waals surface area contributed by atoms with Gasteiger partial charge in [-0.25, -0.2) is 0 Å². The third kappa shape index (κ3) is 5.75. The third-order valence-electron chi connectivity index (χ3n) is 4.53. The Labute approximate surface area is 181 Å². The summed E-state index contributed by atoms with van der Waals surface area (Å²) in [4.78, 5) is 25.1. The number of carbonyl (C=O) groups excluding carboxylic acids is 2. The number of amides is 2. The van der Waals surface area contributed by atoms with E-state index in [9.17, 15) is 9.59 Å². The Hall–Kier alpha value is -3.55. The van der Waals surface area contributed by atoms with E-state index in [0.29, 0.717) is 23.9 Å². The van der Waals surface area contributed by atoms with Crippen LogP contribution in [-0.2, 0) is 13.7 Å². The number of nitrogens with one attached hydrogen (secondary N) is 2. The molecule has 2 amide bonds. The van der Waals surface area contributed by atoms with Crippen LogP contribution in [0, 0.1) is 19.8 Å². The fourth-order valence-electron chi connectivity index (χ4n) is 3.11. The zero-order valence-electron chi connectivity index (χ0n) is 18.5. The van der Waals surface area contributed by atoms with Crippen LogP contribution in [0.5, 0.6) is 5.75 Å². The van der Waals surface area contributed by atoms with Gasteiger partial charge in [0.2, 0.25) is 0 Å². The molecule has 1 aromatic carbocycles. The number of aromatic nitrogens is 2. The number of ether oxygens (including phenoxy) is 1. The van der Waals surface area contributed by atoms with Crippen LogP contribution in [0.4, 0.5) is 5.69 Å². The van der Waals surface area contributed by atoms with E-state index in [1.54, 1.807) is 19.2 Å². The summed E-state index contributed by atoms with van der Waals surface area (Å²) in [6.07, 6.45) is 1.44. The number of furan rings is 1. The normalized spacial score (nSPS) is 10.9. The van der Waals surface area contributed by atoms with Crippen LogP contribution in [-0.4, -0.2) is 28.1 Å². The van der Waals surface area contributed by atoms with Crippen molar-refractivity contribution in [2.45, 2.75) is 34.3 Å². The molecule has 2 N–H and O–H groups in total. The molecule has 3 aromatic rings. The average Bonchev–Trinajstić information content (AvgIpc) is 3.31. The maximum atomic E-state index is 12.6. The molecule has 0 radical (unpaired) electrons. The van der Waals surface area contributed by atoms with Gasteiger partial charge in [-0.1, -0.05) is 19.9 Å². The molecule has 2 heterocycles. The number of carbonyl (C=O) groups is 2. The molecule has 0 aliphatic heterocycles. The first-order valence-electron chi connectivity index (χ1n) is 10.1. The molecule has 2 aromatic heterocycles. The minimum Gasteiger partial charge on any atom is -0.486 e. The van der Waals surface area contributed by atoms with E-state index in [4.69, 9.17) is 9.15 Å². The van der Waals surface area contributed by atoms with Crippen molar-refractivity contribution < 1.29 is 18.7 Å². The molecule has 8 nitrogen and oxygen atoms in total. The summed E-state index contributed by atoms with van der Waals surface area (Å²) in [6, 6.07) is 9.22. The maximum absolute atomic E-state index is 12.6. The van der Waals surface area contributed by atoms with E-state index in [1.807, 2.05) is 39.8 Å². The fraction of sp³-hybridized carbons (Fsp3) is 0.348. The maximum Gasteiger partial charge on any atom is 0.291 e. The number of benzene rings is 1. The second-order valence-corrected chi connectivity index (χ2v) is 7.97. The van der Waals surface area contributed by atoms with E-state index in [0.717, 1.165) is 16.9 Å². The Kier molecular flexibility index (Phi) is 6.79. The van der Waals surface area contributed by atoms with Crippen LogP contribution in [0.25, 0.3) is 0 Å². The molecule has 31 heavy (non-hydrogen) atoms. The Morgan fingerprint density at radius 1 is 1.13 bits per heavy atom. The van der Waals surface area contributed by atoms with Gasteiger partial charge in [0.25, 0.3) is 11.8 Å². The number of hydrogen-bond donors (Lipinski definition) is 2. The van der Waals surface area contributed by atoms with Crippen LogP contribution in [0.2, 0.25) is 0 Å². The standard InChI is InChI=1S/C23H28N4O4/c1-14(2)11-24-23(29)21-19(12-25-27(21)5)26-22(28)20-7-6-17(31-20)13-30-18-9-15(3)8-16(4)10-18/h6-10,12,14H,11,13H2,1-5H3,(H,24,29)(H,26,28). The van der Waals surface area contributed by atoms with Gasteiger partial charge < -0.3 is 19.8 Å². The van der Waals surface area contributed by atoms with Crippen LogP contribution < -0.4 is 15.4 Å². The number of aryl methyl sites for hydroxylation is 3. The molecule has 0 aliphatic carbocycles. The van der Waals surface area contributed by atoms with Crippen molar-refractivity contribution in [3.63, 3.8) is 0 Å². The van der Waals surface area contributed by atoms with E-state index in [-0.39, 0.29) is 24.0 Å². The van der Waals surface area contributed by atoms with Gasteiger partial charge in [-0.2, -0.15) is 5.10 Å². The lowest BCUT2D eigenvalue weighted by Crippen LogP contribution is -2.30. The van der Waals surface area contributed by atoms with E-state index >= 15 is 0 Å². The summed E-state index contributed by atoms with van der Waals surface area (Å²) in [5.74, 6) is 0.923.